The Kier molecular flexibility index (Phi) is 4.60. The molecule has 1 aromatic carbocycles. The van der Waals surface area contributed by atoms with E-state index in [0.29, 0.717) is 24.0 Å². The number of amides is 1. The number of nitrogens with zero attached hydrogens (tertiary/aromatic N) is 5. The molecule has 3 aromatic rings. The SMILES string of the molecule is CC(C)n1cnnc1CCNC(=O)c1nc2ccccc2n(C)c1=O. The van der Waals surface area contributed by atoms with Crippen molar-refractivity contribution in [1.82, 2.24) is 29.6 Å². The highest BCUT2D eigenvalue weighted by Crippen LogP contribution is 2.09. The molecule has 8 heteroatoms. The molecule has 0 fully saturated rings. The largest absolute Gasteiger partial charge is 0.350 e. The molecule has 2 heterocycles. The van der Waals surface area contributed by atoms with Gasteiger partial charge in [-0.2, -0.15) is 0 Å². The van der Waals surface area contributed by atoms with Crippen LogP contribution in [0.1, 0.15) is 36.2 Å². The molecule has 0 saturated carbocycles. The van der Waals surface area contributed by atoms with Gasteiger partial charge in [-0.05, 0) is 26.0 Å². The number of fused-ring (bicyclic) bond motifs is 1. The van der Waals surface area contributed by atoms with Crippen molar-refractivity contribution in [2.75, 3.05) is 6.54 Å². The van der Waals surface area contributed by atoms with Crippen LogP contribution in [0.15, 0.2) is 35.4 Å². The third kappa shape index (κ3) is 3.28. The lowest BCUT2D eigenvalue weighted by atomic mass is 10.2. The van der Waals surface area contributed by atoms with Crippen LogP contribution in [0.25, 0.3) is 11.0 Å². The molecule has 3 rings (SSSR count). The Morgan fingerprint density at radius 1 is 1.28 bits per heavy atom. The maximum atomic E-state index is 12.4. The van der Waals surface area contributed by atoms with E-state index in [-0.39, 0.29) is 11.7 Å². The summed E-state index contributed by atoms with van der Waals surface area (Å²) in [6, 6.07) is 7.46. The van der Waals surface area contributed by atoms with Crippen LogP contribution >= 0.6 is 0 Å². The minimum absolute atomic E-state index is 0.105. The Morgan fingerprint density at radius 3 is 2.80 bits per heavy atom. The second-order valence-electron chi connectivity index (χ2n) is 6.07. The highest BCUT2D eigenvalue weighted by molar-refractivity contribution is 5.93. The molecule has 0 aliphatic heterocycles. The molecule has 0 spiro atoms. The lowest BCUT2D eigenvalue weighted by Gasteiger charge is -2.11. The summed E-state index contributed by atoms with van der Waals surface area (Å²) in [5, 5.41) is 10.7. The zero-order valence-electron chi connectivity index (χ0n) is 14.4. The van der Waals surface area contributed by atoms with Crippen molar-refractivity contribution in [3.8, 4) is 0 Å². The quantitative estimate of drug-likeness (QED) is 0.750. The number of hydrogen-bond donors (Lipinski definition) is 1. The van der Waals surface area contributed by atoms with Gasteiger partial charge in [0, 0.05) is 26.1 Å². The molecule has 0 unspecified atom stereocenters. The second-order valence-corrected chi connectivity index (χ2v) is 6.07. The van der Waals surface area contributed by atoms with Gasteiger partial charge in [0.15, 0.2) is 5.69 Å². The van der Waals surface area contributed by atoms with E-state index in [4.69, 9.17) is 0 Å². The summed E-state index contributed by atoms with van der Waals surface area (Å²) < 4.78 is 3.38. The molecule has 130 valence electrons. The molecule has 0 atom stereocenters. The topological polar surface area (TPSA) is 94.7 Å². The van der Waals surface area contributed by atoms with E-state index in [2.05, 4.69) is 20.5 Å². The van der Waals surface area contributed by atoms with Crippen molar-refractivity contribution in [3.63, 3.8) is 0 Å². The molecule has 8 nitrogen and oxygen atoms in total. The average molecular weight is 340 g/mol. The molecule has 1 amide bonds. The normalized spacial score (nSPS) is 11.2. The first-order valence-electron chi connectivity index (χ1n) is 8.11. The summed E-state index contributed by atoms with van der Waals surface area (Å²) in [6.07, 6.45) is 2.19. The Bertz CT molecular complexity index is 973. The molecule has 25 heavy (non-hydrogen) atoms. The molecule has 0 bridgehead atoms. The first-order valence-corrected chi connectivity index (χ1v) is 8.11. The van der Waals surface area contributed by atoms with Gasteiger partial charge in [0.25, 0.3) is 11.5 Å². The van der Waals surface area contributed by atoms with Crippen LogP contribution in [0.3, 0.4) is 0 Å². The summed E-state index contributed by atoms with van der Waals surface area (Å²) in [7, 11) is 1.63. The van der Waals surface area contributed by atoms with Crippen LogP contribution in [0, 0.1) is 0 Å². The van der Waals surface area contributed by atoms with E-state index >= 15 is 0 Å². The Labute approximate surface area is 144 Å². The first-order chi connectivity index (χ1) is 12.0. The van der Waals surface area contributed by atoms with Crippen LogP contribution in [0.4, 0.5) is 0 Å². The van der Waals surface area contributed by atoms with Crippen molar-refractivity contribution >= 4 is 16.9 Å². The lowest BCUT2D eigenvalue weighted by molar-refractivity contribution is 0.0947. The van der Waals surface area contributed by atoms with Crippen LogP contribution < -0.4 is 10.9 Å². The molecule has 0 aliphatic carbocycles. The van der Waals surface area contributed by atoms with Gasteiger partial charge in [-0.15, -0.1) is 10.2 Å². The Hall–Kier alpha value is -3.03. The van der Waals surface area contributed by atoms with Crippen molar-refractivity contribution in [2.24, 2.45) is 7.05 Å². The van der Waals surface area contributed by atoms with Crippen molar-refractivity contribution in [3.05, 3.63) is 52.5 Å². The summed E-state index contributed by atoms with van der Waals surface area (Å²) in [5.74, 6) is 0.302. The van der Waals surface area contributed by atoms with E-state index in [1.807, 2.05) is 30.5 Å². The highest BCUT2D eigenvalue weighted by Gasteiger charge is 2.16. The van der Waals surface area contributed by atoms with Gasteiger partial charge >= 0.3 is 0 Å². The fourth-order valence-electron chi connectivity index (χ4n) is 2.68. The highest BCUT2D eigenvalue weighted by atomic mass is 16.2. The molecule has 1 N–H and O–H groups in total. The number of carbonyl (C=O) groups is 1. The molecular formula is C17H20N6O2. The number of aromatic nitrogens is 5. The number of aryl methyl sites for hydroxylation is 1. The zero-order chi connectivity index (χ0) is 18.0. The molecular weight excluding hydrogens is 320 g/mol. The second kappa shape index (κ2) is 6.84. The third-order valence-electron chi connectivity index (χ3n) is 4.04. The standard InChI is InChI=1S/C17H20N6O2/c1-11(2)23-10-19-21-14(23)8-9-18-16(24)15-17(25)22(3)13-7-5-4-6-12(13)20-15/h4-7,10-11H,8-9H2,1-3H3,(H,18,24). The van der Waals surface area contributed by atoms with E-state index in [9.17, 15) is 9.59 Å². The smallest absolute Gasteiger partial charge is 0.282 e. The van der Waals surface area contributed by atoms with Crippen LogP contribution in [-0.2, 0) is 13.5 Å². The predicted molar refractivity (Wildman–Crippen MR) is 93.4 cm³/mol. The Morgan fingerprint density at radius 2 is 2.04 bits per heavy atom. The number of para-hydroxylation sites is 2. The van der Waals surface area contributed by atoms with Gasteiger partial charge in [0.1, 0.15) is 12.2 Å². The fourth-order valence-corrected chi connectivity index (χ4v) is 2.68. The predicted octanol–water partition coefficient (Wildman–Crippen LogP) is 1.08. The number of benzene rings is 1. The number of nitrogens with one attached hydrogen (secondary N) is 1. The van der Waals surface area contributed by atoms with Gasteiger partial charge in [0.05, 0.1) is 11.0 Å². The maximum absolute atomic E-state index is 12.4. The summed E-state index contributed by atoms with van der Waals surface area (Å²) in [4.78, 5) is 29.0. The van der Waals surface area contributed by atoms with Crippen molar-refractivity contribution in [1.29, 1.82) is 0 Å². The maximum Gasteiger partial charge on any atom is 0.282 e. The minimum atomic E-state index is -0.484. The molecule has 0 aliphatic rings. The number of rotatable bonds is 5. The number of hydrogen-bond acceptors (Lipinski definition) is 5. The van der Waals surface area contributed by atoms with Gasteiger partial charge in [-0.1, -0.05) is 12.1 Å². The summed E-state index contributed by atoms with van der Waals surface area (Å²) >= 11 is 0. The molecule has 0 saturated heterocycles. The van der Waals surface area contributed by atoms with E-state index in [0.717, 1.165) is 5.82 Å². The van der Waals surface area contributed by atoms with Gasteiger partial charge in [-0.25, -0.2) is 4.98 Å². The van der Waals surface area contributed by atoms with Crippen molar-refractivity contribution in [2.45, 2.75) is 26.3 Å². The van der Waals surface area contributed by atoms with Gasteiger partial charge in [-0.3, -0.25) is 9.59 Å². The molecule has 0 radical (unpaired) electrons. The van der Waals surface area contributed by atoms with Crippen LogP contribution in [0.2, 0.25) is 0 Å². The minimum Gasteiger partial charge on any atom is -0.350 e. The van der Waals surface area contributed by atoms with Crippen molar-refractivity contribution < 1.29 is 4.79 Å². The van der Waals surface area contributed by atoms with E-state index in [1.54, 1.807) is 25.5 Å². The third-order valence-corrected chi connectivity index (χ3v) is 4.04. The van der Waals surface area contributed by atoms with Crippen LogP contribution in [-0.4, -0.2) is 36.8 Å². The summed E-state index contributed by atoms with van der Waals surface area (Å²) in [5.41, 5.74) is 0.774. The van der Waals surface area contributed by atoms with Gasteiger partial charge in [0.2, 0.25) is 0 Å². The average Bonchev–Trinajstić information content (AvgIpc) is 3.07. The molecule has 2 aromatic heterocycles. The zero-order valence-corrected chi connectivity index (χ0v) is 14.4. The van der Waals surface area contributed by atoms with Crippen LogP contribution in [0.5, 0.6) is 0 Å². The fraction of sp³-hybridized carbons (Fsp3) is 0.353. The van der Waals surface area contributed by atoms with E-state index < -0.39 is 11.5 Å². The first kappa shape index (κ1) is 16.8. The van der Waals surface area contributed by atoms with E-state index in [1.165, 1.54) is 4.57 Å². The monoisotopic (exact) mass is 340 g/mol. The van der Waals surface area contributed by atoms with Gasteiger partial charge < -0.3 is 14.5 Å². The lowest BCUT2D eigenvalue weighted by Crippen LogP contribution is -2.35. The summed E-state index contributed by atoms with van der Waals surface area (Å²) in [6.45, 7) is 4.42. The Balaban J connectivity index is 1.76. The number of carbonyl (C=O) groups excluding carboxylic acids is 1.